The highest BCUT2D eigenvalue weighted by molar-refractivity contribution is 5.86. The van der Waals surface area contributed by atoms with Gasteiger partial charge in [-0.25, -0.2) is 5.43 Å². The first kappa shape index (κ1) is 21.7. The zero-order valence-electron chi connectivity index (χ0n) is 18.1. The fourth-order valence-corrected chi connectivity index (χ4v) is 3.60. The molecule has 0 saturated carbocycles. The van der Waals surface area contributed by atoms with E-state index in [4.69, 9.17) is 4.74 Å². The van der Waals surface area contributed by atoms with E-state index in [1.54, 1.807) is 24.4 Å². The van der Waals surface area contributed by atoms with Gasteiger partial charge in [-0.3, -0.25) is 19.9 Å². The fourth-order valence-electron chi connectivity index (χ4n) is 3.60. The number of nitrogens with zero attached hydrogens (tertiary/aromatic N) is 4. The summed E-state index contributed by atoms with van der Waals surface area (Å²) in [7, 11) is 0. The minimum atomic E-state index is -0.425. The number of hydrazone groups is 1. The largest absolute Gasteiger partial charge is 0.481 e. The van der Waals surface area contributed by atoms with Crippen molar-refractivity contribution in [2.75, 3.05) is 6.61 Å². The van der Waals surface area contributed by atoms with Crippen LogP contribution < -0.4 is 10.2 Å². The van der Waals surface area contributed by atoms with Crippen LogP contribution >= 0.6 is 0 Å². The Kier molecular flexibility index (Phi) is 6.12. The monoisotopic (exact) mass is 443 g/mol. The molecule has 0 radical (unpaired) electrons. The summed E-state index contributed by atoms with van der Waals surface area (Å²) >= 11 is 0. The minimum absolute atomic E-state index is 0.0175. The molecular formula is C24H21N5O4. The smallest absolute Gasteiger partial charge is 0.277 e. The summed E-state index contributed by atoms with van der Waals surface area (Å²) in [6.07, 6.45) is 3.21. The van der Waals surface area contributed by atoms with E-state index in [-0.39, 0.29) is 12.3 Å². The number of non-ortho nitro benzene ring substituents is 1. The number of benzene rings is 2. The van der Waals surface area contributed by atoms with Gasteiger partial charge < -0.3 is 9.30 Å². The molecule has 0 spiro atoms. The molecule has 0 saturated heterocycles. The Morgan fingerprint density at radius 2 is 1.97 bits per heavy atom. The fraction of sp³-hybridized carbons (Fsp3) is 0.125. The third kappa shape index (κ3) is 4.72. The number of carbonyl (C=O) groups is 1. The van der Waals surface area contributed by atoms with Crippen molar-refractivity contribution >= 4 is 28.7 Å². The first-order chi connectivity index (χ1) is 15.9. The number of fused-ring (bicyclic) bond motifs is 1. The first-order valence-corrected chi connectivity index (χ1v) is 10.2. The predicted molar refractivity (Wildman–Crippen MR) is 125 cm³/mol. The van der Waals surface area contributed by atoms with Gasteiger partial charge in [0.1, 0.15) is 11.3 Å². The van der Waals surface area contributed by atoms with E-state index in [9.17, 15) is 14.9 Å². The molecule has 0 fully saturated rings. The molecule has 9 nitrogen and oxygen atoms in total. The van der Waals surface area contributed by atoms with Gasteiger partial charge in [0.2, 0.25) is 0 Å². The number of hydrogen-bond donors (Lipinski definition) is 1. The Bertz CT molecular complexity index is 1370. The standard InChI is InChI=1S/C24H21N5O4/c1-16-12-19(17(2)28(16)20-8-4-9-21(13-20)29(31)32)14-26-27-23(30)15-33-22-10-3-6-18-7-5-11-25-24(18)22/h3-14H,15H2,1-2H3,(H,27,30). The molecule has 166 valence electrons. The Balaban J connectivity index is 1.42. The Hall–Kier alpha value is -4.53. The molecule has 1 N–H and O–H groups in total. The highest BCUT2D eigenvalue weighted by Crippen LogP contribution is 2.24. The van der Waals surface area contributed by atoms with E-state index in [0.29, 0.717) is 17.0 Å². The Morgan fingerprint density at radius 3 is 2.79 bits per heavy atom. The summed E-state index contributed by atoms with van der Waals surface area (Å²) in [5.74, 6) is 0.111. The second-order valence-electron chi connectivity index (χ2n) is 7.35. The van der Waals surface area contributed by atoms with Gasteiger partial charge in [-0.2, -0.15) is 5.10 Å². The number of nitrogens with one attached hydrogen (secondary N) is 1. The van der Waals surface area contributed by atoms with Crippen molar-refractivity contribution < 1.29 is 14.5 Å². The van der Waals surface area contributed by atoms with Crippen molar-refractivity contribution in [1.82, 2.24) is 15.0 Å². The molecule has 33 heavy (non-hydrogen) atoms. The molecule has 2 heterocycles. The lowest BCUT2D eigenvalue weighted by Crippen LogP contribution is -2.24. The van der Waals surface area contributed by atoms with Crippen molar-refractivity contribution in [1.29, 1.82) is 0 Å². The molecule has 2 aromatic heterocycles. The van der Waals surface area contributed by atoms with Gasteiger partial charge in [-0.05, 0) is 38.1 Å². The molecule has 4 aromatic rings. The van der Waals surface area contributed by atoms with Crippen molar-refractivity contribution in [2.45, 2.75) is 13.8 Å². The van der Waals surface area contributed by atoms with Crippen molar-refractivity contribution in [3.8, 4) is 11.4 Å². The van der Waals surface area contributed by atoms with Crippen molar-refractivity contribution in [3.05, 3.63) is 93.9 Å². The summed E-state index contributed by atoms with van der Waals surface area (Å²) in [6.45, 7) is 3.57. The van der Waals surface area contributed by atoms with Crippen LogP contribution in [0.25, 0.3) is 16.6 Å². The summed E-state index contributed by atoms with van der Waals surface area (Å²) < 4.78 is 7.51. The van der Waals surface area contributed by atoms with E-state index in [1.165, 1.54) is 18.3 Å². The third-order valence-corrected chi connectivity index (χ3v) is 5.12. The topological polar surface area (TPSA) is 112 Å². The van der Waals surface area contributed by atoms with Crippen molar-refractivity contribution in [2.24, 2.45) is 5.10 Å². The summed E-state index contributed by atoms with van der Waals surface area (Å²) in [5.41, 5.74) is 6.33. The molecule has 0 aliphatic heterocycles. The van der Waals surface area contributed by atoms with Gasteiger partial charge in [0.25, 0.3) is 11.6 Å². The second-order valence-corrected chi connectivity index (χ2v) is 7.35. The lowest BCUT2D eigenvalue weighted by molar-refractivity contribution is -0.384. The van der Waals surface area contributed by atoms with Gasteiger partial charge in [0.05, 0.1) is 16.8 Å². The highest BCUT2D eigenvalue weighted by Gasteiger charge is 2.13. The van der Waals surface area contributed by atoms with E-state index in [1.807, 2.05) is 48.7 Å². The average Bonchev–Trinajstić information content (AvgIpc) is 3.10. The first-order valence-electron chi connectivity index (χ1n) is 10.2. The summed E-state index contributed by atoms with van der Waals surface area (Å²) in [5, 5.41) is 16.0. The van der Waals surface area contributed by atoms with Crippen LogP contribution in [-0.4, -0.2) is 33.2 Å². The minimum Gasteiger partial charge on any atom is -0.481 e. The highest BCUT2D eigenvalue weighted by atomic mass is 16.6. The number of aromatic nitrogens is 2. The predicted octanol–water partition coefficient (Wildman–Crippen LogP) is 4.08. The van der Waals surface area contributed by atoms with E-state index >= 15 is 0 Å². The molecular weight excluding hydrogens is 422 g/mol. The quantitative estimate of drug-likeness (QED) is 0.263. The molecule has 0 unspecified atom stereocenters. The number of hydrogen-bond acceptors (Lipinski definition) is 6. The van der Waals surface area contributed by atoms with Gasteiger partial charge in [0.15, 0.2) is 6.61 Å². The van der Waals surface area contributed by atoms with Crippen LogP contribution in [0.2, 0.25) is 0 Å². The number of nitro benzene ring substituents is 1. The number of rotatable bonds is 7. The second kappa shape index (κ2) is 9.31. The maximum atomic E-state index is 12.2. The van der Waals surface area contributed by atoms with Gasteiger partial charge >= 0.3 is 0 Å². The van der Waals surface area contributed by atoms with Crippen LogP contribution in [0, 0.1) is 24.0 Å². The van der Waals surface area contributed by atoms with Gasteiger partial charge in [-0.1, -0.05) is 24.3 Å². The molecule has 0 bridgehead atoms. The number of nitro groups is 1. The molecule has 0 aliphatic rings. The SMILES string of the molecule is Cc1cc(C=NNC(=O)COc2cccc3cccnc23)c(C)n1-c1cccc([N+](=O)[O-])c1. The number of aryl methyl sites for hydroxylation is 1. The Labute approximate surface area is 189 Å². The van der Waals surface area contributed by atoms with E-state index in [0.717, 1.165) is 22.3 Å². The molecule has 4 rings (SSSR count). The number of para-hydroxylation sites is 1. The van der Waals surface area contributed by atoms with Crippen LogP contribution in [-0.2, 0) is 4.79 Å². The maximum Gasteiger partial charge on any atom is 0.277 e. The molecule has 0 aliphatic carbocycles. The van der Waals surface area contributed by atoms with Gasteiger partial charge in [-0.15, -0.1) is 0 Å². The van der Waals surface area contributed by atoms with E-state index in [2.05, 4.69) is 15.5 Å². The normalized spacial score (nSPS) is 11.1. The van der Waals surface area contributed by atoms with E-state index < -0.39 is 10.8 Å². The van der Waals surface area contributed by atoms with Crippen LogP contribution in [0.3, 0.4) is 0 Å². The number of amides is 1. The zero-order valence-corrected chi connectivity index (χ0v) is 18.1. The Morgan fingerprint density at radius 1 is 1.18 bits per heavy atom. The van der Waals surface area contributed by atoms with Crippen molar-refractivity contribution in [3.63, 3.8) is 0 Å². The molecule has 9 heteroatoms. The molecule has 0 atom stereocenters. The van der Waals surface area contributed by atoms with Crippen LogP contribution in [0.4, 0.5) is 5.69 Å². The molecule has 2 aromatic carbocycles. The third-order valence-electron chi connectivity index (χ3n) is 5.12. The zero-order chi connectivity index (χ0) is 23.4. The number of ether oxygens (including phenoxy) is 1. The average molecular weight is 443 g/mol. The number of carbonyl (C=O) groups excluding carboxylic acids is 1. The molecule has 1 amide bonds. The van der Waals surface area contributed by atoms with Crippen LogP contribution in [0.15, 0.2) is 72.0 Å². The lowest BCUT2D eigenvalue weighted by Gasteiger charge is -2.09. The van der Waals surface area contributed by atoms with Crippen LogP contribution in [0.5, 0.6) is 5.75 Å². The van der Waals surface area contributed by atoms with Crippen LogP contribution in [0.1, 0.15) is 17.0 Å². The summed E-state index contributed by atoms with van der Waals surface area (Å²) in [6, 6.07) is 17.6. The number of pyridine rings is 1. The lowest BCUT2D eigenvalue weighted by atomic mass is 10.2. The summed E-state index contributed by atoms with van der Waals surface area (Å²) in [4.78, 5) is 27.1. The van der Waals surface area contributed by atoms with Gasteiger partial charge in [0, 0.05) is 40.7 Å². The maximum absolute atomic E-state index is 12.2.